The lowest BCUT2D eigenvalue weighted by molar-refractivity contribution is 0.668. The Morgan fingerprint density at radius 1 is 0.305 bits per heavy atom. The van der Waals surface area contributed by atoms with Crippen molar-refractivity contribution in [2.75, 3.05) is 0 Å². The van der Waals surface area contributed by atoms with E-state index in [0.717, 1.165) is 55.0 Å². The van der Waals surface area contributed by atoms with E-state index in [4.69, 9.17) is 8.83 Å². The van der Waals surface area contributed by atoms with Crippen molar-refractivity contribution < 1.29 is 8.83 Å². The Bertz CT molecular complexity index is 3550. The molecule has 0 unspecified atom stereocenters. The quantitative estimate of drug-likeness (QED) is 0.167. The van der Waals surface area contributed by atoms with Crippen molar-refractivity contribution in [3.05, 3.63) is 229 Å². The third-order valence-corrected chi connectivity index (χ3v) is 12.9. The van der Waals surface area contributed by atoms with Gasteiger partial charge in [-0.15, -0.1) is 0 Å². The Morgan fingerprint density at radius 3 is 1.37 bits per heavy atom. The third-order valence-electron chi connectivity index (χ3n) is 12.9. The molecular weight excluding hydrogens is 717 g/mol. The van der Waals surface area contributed by atoms with Crippen LogP contribution in [0.2, 0.25) is 0 Å². The molecule has 1 aliphatic rings. The van der Waals surface area contributed by atoms with Crippen LogP contribution in [0.3, 0.4) is 0 Å². The van der Waals surface area contributed by atoms with Crippen molar-refractivity contribution in [2.45, 2.75) is 5.41 Å². The van der Waals surface area contributed by atoms with Crippen molar-refractivity contribution in [1.29, 1.82) is 0 Å². The number of para-hydroxylation sites is 2. The maximum absolute atomic E-state index is 7.30. The summed E-state index contributed by atoms with van der Waals surface area (Å²) in [4.78, 5) is 0. The van der Waals surface area contributed by atoms with Gasteiger partial charge in [-0.3, -0.25) is 0 Å². The highest BCUT2D eigenvalue weighted by Gasteiger charge is 2.49. The molecule has 0 fully saturated rings. The predicted molar refractivity (Wildman–Crippen MR) is 244 cm³/mol. The molecule has 12 aromatic rings. The summed E-state index contributed by atoms with van der Waals surface area (Å²) in [7, 11) is 0. The average molecular weight is 751 g/mol. The maximum atomic E-state index is 7.30. The summed E-state index contributed by atoms with van der Waals surface area (Å²) in [6.45, 7) is 0. The molecule has 274 valence electrons. The molecule has 0 atom stereocenters. The zero-order valence-electron chi connectivity index (χ0n) is 31.9. The summed E-state index contributed by atoms with van der Waals surface area (Å²) in [5, 5.41) is 9.30. The van der Waals surface area contributed by atoms with Gasteiger partial charge < -0.3 is 8.83 Å². The van der Waals surface area contributed by atoms with E-state index >= 15 is 0 Å². The maximum Gasteiger partial charge on any atom is 0.144 e. The van der Waals surface area contributed by atoms with Crippen LogP contribution >= 0.6 is 0 Å². The van der Waals surface area contributed by atoms with Gasteiger partial charge in [-0.05, 0) is 90.3 Å². The third kappa shape index (κ3) is 4.30. The minimum absolute atomic E-state index is 0.683. The SMILES string of the molecule is c1ccc(-c2c3ccccc3c(-c3cc4c(c5oc6ccccc6c35)-c3c(ccc5oc6ccccc6c35)C4(c3ccccc3)c3ccccc3)c3ccccc23)cc1. The molecule has 2 heteroatoms. The molecule has 1 aliphatic carbocycles. The fourth-order valence-corrected chi connectivity index (χ4v) is 10.7. The minimum Gasteiger partial charge on any atom is -0.456 e. The van der Waals surface area contributed by atoms with Crippen LogP contribution in [0.25, 0.3) is 98.8 Å². The van der Waals surface area contributed by atoms with Gasteiger partial charge in [-0.25, -0.2) is 0 Å². The molecule has 10 aromatic carbocycles. The second-order valence-electron chi connectivity index (χ2n) is 15.8. The smallest absolute Gasteiger partial charge is 0.144 e. The Hall–Kier alpha value is -7.68. The molecule has 0 saturated carbocycles. The molecule has 2 nitrogen and oxygen atoms in total. The molecule has 2 aromatic heterocycles. The van der Waals surface area contributed by atoms with Gasteiger partial charge in [0, 0.05) is 32.7 Å². The second kappa shape index (κ2) is 12.2. The molecule has 0 radical (unpaired) electrons. The monoisotopic (exact) mass is 750 g/mol. The Labute approximate surface area is 340 Å². The average Bonchev–Trinajstić information content (AvgIpc) is 3.97. The zero-order valence-corrected chi connectivity index (χ0v) is 31.9. The highest BCUT2D eigenvalue weighted by Crippen LogP contribution is 2.62. The van der Waals surface area contributed by atoms with Gasteiger partial charge in [0.25, 0.3) is 0 Å². The van der Waals surface area contributed by atoms with Gasteiger partial charge in [0.1, 0.15) is 22.3 Å². The molecule has 59 heavy (non-hydrogen) atoms. The number of furan rings is 2. The number of fused-ring (bicyclic) bond motifs is 13. The molecule has 0 aliphatic heterocycles. The first-order valence-corrected chi connectivity index (χ1v) is 20.3. The van der Waals surface area contributed by atoms with Crippen LogP contribution in [0.1, 0.15) is 22.3 Å². The Kier molecular flexibility index (Phi) is 6.68. The van der Waals surface area contributed by atoms with Crippen LogP contribution in [-0.4, -0.2) is 0 Å². The summed E-state index contributed by atoms with van der Waals surface area (Å²) in [6.07, 6.45) is 0. The highest BCUT2D eigenvalue weighted by molar-refractivity contribution is 6.29. The molecule has 0 saturated heterocycles. The van der Waals surface area contributed by atoms with Crippen LogP contribution in [0.4, 0.5) is 0 Å². The topological polar surface area (TPSA) is 26.3 Å². The first-order valence-electron chi connectivity index (χ1n) is 20.3. The van der Waals surface area contributed by atoms with Gasteiger partial charge in [-0.2, -0.15) is 0 Å². The van der Waals surface area contributed by atoms with E-state index in [2.05, 4.69) is 206 Å². The standard InChI is InChI=1S/C57H34O2/c1-4-18-35(19-5-1)50-38-24-10-12-26-40(38)51(41-27-13-11-25-39(41)50)44-34-46-55(56-52(44)42-28-14-17-31-48(42)59-56)54-45(32-33-49-53(54)43-29-15-16-30-47(43)58-49)57(46,36-20-6-2-7-21-36)37-22-8-3-9-23-37/h1-34H. The van der Waals surface area contributed by atoms with E-state index in [1.165, 1.54) is 66.1 Å². The molecule has 0 spiro atoms. The van der Waals surface area contributed by atoms with Crippen LogP contribution in [0.5, 0.6) is 0 Å². The fraction of sp³-hybridized carbons (Fsp3) is 0.0175. The van der Waals surface area contributed by atoms with Crippen LogP contribution < -0.4 is 0 Å². The fourth-order valence-electron chi connectivity index (χ4n) is 10.7. The van der Waals surface area contributed by atoms with E-state index in [1.54, 1.807) is 0 Å². The minimum atomic E-state index is -0.683. The summed E-state index contributed by atoms with van der Waals surface area (Å²) in [6, 6.07) is 74.9. The summed E-state index contributed by atoms with van der Waals surface area (Å²) < 4.78 is 14.0. The van der Waals surface area contributed by atoms with E-state index < -0.39 is 5.41 Å². The highest BCUT2D eigenvalue weighted by atomic mass is 16.3. The lowest BCUT2D eigenvalue weighted by Gasteiger charge is -2.34. The van der Waals surface area contributed by atoms with Crippen molar-refractivity contribution in [2.24, 2.45) is 0 Å². The molecule has 0 amide bonds. The Morgan fingerprint density at radius 2 is 0.780 bits per heavy atom. The molecular formula is C57H34O2. The van der Waals surface area contributed by atoms with Gasteiger partial charge in [-0.1, -0.05) is 182 Å². The van der Waals surface area contributed by atoms with E-state index in [1.807, 2.05) is 0 Å². The largest absolute Gasteiger partial charge is 0.456 e. The van der Waals surface area contributed by atoms with Gasteiger partial charge in [0.05, 0.1) is 5.41 Å². The van der Waals surface area contributed by atoms with E-state index in [0.29, 0.717) is 0 Å². The van der Waals surface area contributed by atoms with Crippen molar-refractivity contribution >= 4 is 65.4 Å². The first kappa shape index (κ1) is 32.4. The van der Waals surface area contributed by atoms with Gasteiger partial charge in [0.2, 0.25) is 0 Å². The summed E-state index contributed by atoms with van der Waals surface area (Å²) in [5.74, 6) is 0. The zero-order chi connectivity index (χ0) is 38.7. The predicted octanol–water partition coefficient (Wildman–Crippen LogP) is 15.5. The molecule has 0 N–H and O–H groups in total. The number of benzene rings is 10. The lowest BCUT2D eigenvalue weighted by Crippen LogP contribution is -2.28. The van der Waals surface area contributed by atoms with Crippen molar-refractivity contribution in [3.63, 3.8) is 0 Å². The molecule has 0 bridgehead atoms. The first-order chi connectivity index (χ1) is 29.3. The normalized spacial score (nSPS) is 13.2. The van der Waals surface area contributed by atoms with Gasteiger partial charge in [0.15, 0.2) is 0 Å². The summed E-state index contributed by atoms with van der Waals surface area (Å²) in [5.41, 5.74) is 14.8. The number of rotatable bonds is 4. The van der Waals surface area contributed by atoms with Crippen LogP contribution in [0.15, 0.2) is 215 Å². The lowest BCUT2D eigenvalue weighted by atomic mass is 9.67. The van der Waals surface area contributed by atoms with Crippen molar-refractivity contribution in [1.82, 2.24) is 0 Å². The summed E-state index contributed by atoms with van der Waals surface area (Å²) >= 11 is 0. The van der Waals surface area contributed by atoms with Crippen molar-refractivity contribution in [3.8, 4) is 33.4 Å². The van der Waals surface area contributed by atoms with Crippen LogP contribution in [0, 0.1) is 0 Å². The van der Waals surface area contributed by atoms with E-state index in [9.17, 15) is 0 Å². The molecule has 13 rings (SSSR count). The Balaban J connectivity index is 1.30. The van der Waals surface area contributed by atoms with Crippen LogP contribution in [-0.2, 0) is 5.41 Å². The second-order valence-corrected chi connectivity index (χ2v) is 15.8. The molecule has 2 heterocycles. The van der Waals surface area contributed by atoms with E-state index in [-0.39, 0.29) is 0 Å². The number of hydrogen-bond donors (Lipinski definition) is 0. The number of hydrogen-bond acceptors (Lipinski definition) is 2. The van der Waals surface area contributed by atoms with Gasteiger partial charge >= 0.3 is 0 Å².